The summed E-state index contributed by atoms with van der Waals surface area (Å²) in [6.45, 7) is 1.82. The summed E-state index contributed by atoms with van der Waals surface area (Å²) in [4.78, 5) is 21.6. The van der Waals surface area contributed by atoms with Gasteiger partial charge in [-0.05, 0) is 30.7 Å². The minimum absolute atomic E-state index is 0.0939. The van der Waals surface area contributed by atoms with Crippen LogP contribution in [0.2, 0.25) is 5.02 Å². The van der Waals surface area contributed by atoms with Crippen molar-refractivity contribution in [3.05, 3.63) is 75.6 Å². The number of rotatable bonds is 4. The Hall–Kier alpha value is -3.03. The number of halogens is 1. The molecule has 0 fully saturated rings. The minimum Gasteiger partial charge on any atom is -0.339 e. The van der Waals surface area contributed by atoms with Crippen molar-refractivity contribution < 1.29 is 4.92 Å². The third-order valence-corrected chi connectivity index (χ3v) is 5.37. The molecule has 0 aliphatic heterocycles. The van der Waals surface area contributed by atoms with Gasteiger partial charge in [-0.15, -0.1) is 11.3 Å². The van der Waals surface area contributed by atoms with E-state index in [2.05, 4.69) is 15.3 Å². The molecule has 27 heavy (non-hydrogen) atoms. The molecule has 1 N–H and O–H groups in total. The highest BCUT2D eigenvalue weighted by Crippen LogP contribution is 2.37. The molecule has 2 aromatic carbocycles. The summed E-state index contributed by atoms with van der Waals surface area (Å²) >= 11 is 7.47. The first kappa shape index (κ1) is 17.4. The Morgan fingerprint density at radius 1 is 1.11 bits per heavy atom. The van der Waals surface area contributed by atoms with Crippen LogP contribution in [-0.2, 0) is 0 Å². The number of hydrogen-bond acceptors (Lipinski definition) is 6. The molecule has 0 radical (unpaired) electrons. The fourth-order valence-corrected chi connectivity index (χ4v) is 4.00. The van der Waals surface area contributed by atoms with E-state index in [0.717, 1.165) is 20.7 Å². The molecule has 0 amide bonds. The predicted molar refractivity (Wildman–Crippen MR) is 109 cm³/mol. The summed E-state index contributed by atoms with van der Waals surface area (Å²) in [6.07, 6.45) is 0. The second-order valence-electron chi connectivity index (χ2n) is 5.86. The molecule has 0 aliphatic carbocycles. The van der Waals surface area contributed by atoms with Crippen molar-refractivity contribution in [3.63, 3.8) is 0 Å². The summed E-state index contributed by atoms with van der Waals surface area (Å²) in [5, 5.41) is 15.2. The topological polar surface area (TPSA) is 81.0 Å². The van der Waals surface area contributed by atoms with Crippen LogP contribution in [0.15, 0.2) is 54.6 Å². The van der Waals surface area contributed by atoms with E-state index < -0.39 is 4.92 Å². The zero-order valence-electron chi connectivity index (χ0n) is 14.1. The van der Waals surface area contributed by atoms with E-state index >= 15 is 0 Å². The Morgan fingerprint density at radius 2 is 1.89 bits per heavy atom. The first-order valence-electron chi connectivity index (χ1n) is 8.06. The lowest BCUT2D eigenvalue weighted by molar-refractivity contribution is -0.384. The zero-order chi connectivity index (χ0) is 19.0. The normalized spacial score (nSPS) is 10.9. The molecule has 0 spiro atoms. The van der Waals surface area contributed by atoms with Crippen molar-refractivity contribution in [2.24, 2.45) is 0 Å². The number of aryl methyl sites for hydroxylation is 1. The highest BCUT2D eigenvalue weighted by atomic mass is 35.5. The molecule has 0 saturated heterocycles. The predicted octanol–water partition coefficient (Wildman–Crippen LogP) is 5.97. The zero-order valence-corrected chi connectivity index (χ0v) is 15.7. The van der Waals surface area contributed by atoms with Crippen LogP contribution >= 0.6 is 22.9 Å². The van der Waals surface area contributed by atoms with Crippen LogP contribution in [0.1, 0.15) is 5.82 Å². The van der Waals surface area contributed by atoms with Gasteiger partial charge in [-0.25, -0.2) is 9.97 Å². The van der Waals surface area contributed by atoms with Gasteiger partial charge < -0.3 is 5.32 Å². The first-order valence-corrected chi connectivity index (χ1v) is 9.25. The molecule has 4 rings (SSSR count). The lowest BCUT2D eigenvalue weighted by Crippen LogP contribution is -1.98. The molecular weight excluding hydrogens is 384 g/mol. The number of nitro benzene ring substituents is 1. The molecule has 0 saturated carbocycles. The third kappa shape index (κ3) is 3.47. The summed E-state index contributed by atoms with van der Waals surface area (Å²) in [5.41, 5.74) is 1.49. The molecule has 0 bridgehead atoms. The fourth-order valence-electron chi connectivity index (χ4n) is 2.74. The summed E-state index contributed by atoms with van der Waals surface area (Å²) in [7, 11) is 0. The molecular formula is C19H13ClN4O2S. The van der Waals surface area contributed by atoms with Crippen LogP contribution in [0.3, 0.4) is 0 Å². The van der Waals surface area contributed by atoms with Gasteiger partial charge in [0.25, 0.3) is 5.69 Å². The Labute approximate surface area is 163 Å². The van der Waals surface area contributed by atoms with Crippen LogP contribution in [0.5, 0.6) is 0 Å². The number of aromatic nitrogens is 2. The molecule has 2 aromatic heterocycles. The van der Waals surface area contributed by atoms with Crippen LogP contribution in [0, 0.1) is 17.0 Å². The molecule has 134 valence electrons. The van der Waals surface area contributed by atoms with Crippen molar-refractivity contribution in [2.45, 2.75) is 6.92 Å². The summed E-state index contributed by atoms with van der Waals surface area (Å²) in [5.74, 6) is 1.22. The van der Waals surface area contributed by atoms with Gasteiger partial charge in [-0.2, -0.15) is 0 Å². The minimum atomic E-state index is -0.508. The Morgan fingerprint density at radius 3 is 2.63 bits per heavy atom. The number of anilines is 2. The molecule has 2 heterocycles. The average molecular weight is 397 g/mol. The molecule has 4 aromatic rings. The van der Waals surface area contributed by atoms with E-state index in [1.54, 1.807) is 17.4 Å². The molecule has 0 unspecified atom stereocenters. The van der Waals surface area contributed by atoms with Gasteiger partial charge in [-0.1, -0.05) is 41.9 Å². The summed E-state index contributed by atoms with van der Waals surface area (Å²) < 4.78 is 0. The SMILES string of the molecule is Cc1nc(Nc2ccc(Cl)c([N+](=O)[O-])c2)c2cc(-c3ccccc3)sc2n1. The van der Waals surface area contributed by atoms with Crippen molar-refractivity contribution in [3.8, 4) is 10.4 Å². The maximum absolute atomic E-state index is 11.1. The number of nitrogens with zero attached hydrogens (tertiary/aromatic N) is 3. The van der Waals surface area contributed by atoms with E-state index in [-0.39, 0.29) is 10.7 Å². The van der Waals surface area contributed by atoms with E-state index in [9.17, 15) is 10.1 Å². The van der Waals surface area contributed by atoms with Crippen molar-refractivity contribution in [1.29, 1.82) is 0 Å². The lowest BCUT2D eigenvalue weighted by Gasteiger charge is -2.08. The van der Waals surface area contributed by atoms with Crippen LogP contribution in [0.4, 0.5) is 17.2 Å². The Kier molecular flexibility index (Phi) is 4.47. The summed E-state index contributed by atoms with van der Waals surface area (Å²) in [6, 6.07) is 16.6. The van der Waals surface area contributed by atoms with Gasteiger partial charge in [0.05, 0.1) is 10.3 Å². The van der Waals surface area contributed by atoms with Crippen molar-refractivity contribution >= 4 is 50.3 Å². The van der Waals surface area contributed by atoms with Gasteiger partial charge in [-0.3, -0.25) is 10.1 Å². The van der Waals surface area contributed by atoms with Gasteiger partial charge in [0.15, 0.2) is 0 Å². The quantitative estimate of drug-likeness (QED) is 0.339. The number of benzene rings is 2. The molecule has 0 aliphatic rings. The second-order valence-corrected chi connectivity index (χ2v) is 7.30. The monoisotopic (exact) mass is 396 g/mol. The van der Waals surface area contributed by atoms with E-state index in [4.69, 9.17) is 11.6 Å². The standard InChI is InChI=1S/C19H13ClN4O2S/c1-11-21-18(23-13-7-8-15(20)16(9-13)24(25)26)14-10-17(27-19(14)22-11)12-5-3-2-4-6-12/h2-10H,1H3,(H,21,22,23). The smallest absolute Gasteiger partial charge is 0.289 e. The Bertz CT molecular complexity index is 1160. The highest BCUT2D eigenvalue weighted by molar-refractivity contribution is 7.21. The number of nitrogens with one attached hydrogen (secondary N) is 1. The maximum Gasteiger partial charge on any atom is 0.289 e. The number of fused-ring (bicyclic) bond motifs is 1. The lowest BCUT2D eigenvalue weighted by atomic mass is 10.2. The highest BCUT2D eigenvalue weighted by Gasteiger charge is 2.15. The number of nitro groups is 1. The van der Waals surface area contributed by atoms with E-state index in [0.29, 0.717) is 17.3 Å². The number of hydrogen-bond donors (Lipinski definition) is 1. The van der Waals surface area contributed by atoms with Gasteiger partial charge in [0.2, 0.25) is 0 Å². The first-order chi connectivity index (χ1) is 13.0. The molecule has 0 atom stereocenters. The van der Waals surface area contributed by atoms with Crippen molar-refractivity contribution in [2.75, 3.05) is 5.32 Å². The van der Waals surface area contributed by atoms with Crippen LogP contribution < -0.4 is 5.32 Å². The molecule has 6 nitrogen and oxygen atoms in total. The van der Waals surface area contributed by atoms with Crippen LogP contribution in [-0.4, -0.2) is 14.9 Å². The maximum atomic E-state index is 11.1. The average Bonchev–Trinajstić information content (AvgIpc) is 3.08. The van der Waals surface area contributed by atoms with Crippen molar-refractivity contribution in [1.82, 2.24) is 9.97 Å². The largest absolute Gasteiger partial charge is 0.339 e. The van der Waals surface area contributed by atoms with E-state index in [1.165, 1.54) is 12.1 Å². The van der Waals surface area contributed by atoms with Gasteiger partial charge in [0.1, 0.15) is 21.5 Å². The van der Waals surface area contributed by atoms with Gasteiger partial charge in [0, 0.05) is 16.6 Å². The molecule has 8 heteroatoms. The van der Waals surface area contributed by atoms with Crippen LogP contribution in [0.25, 0.3) is 20.7 Å². The third-order valence-electron chi connectivity index (χ3n) is 3.97. The van der Waals surface area contributed by atoms with Gasteiger partial charge >= 0.3 is 0 Å². The Balaban J connectivity index is 1.79. The fraction of sp³-hybridized carbons (Fsp3) is 0.0526. The second kappa shape index (κ2) is 6.94. The number of thiophene rings is 1. The van der Waals surface area contributed by atoms with E-state index in [1.807, 2.05) is 43.3 Å².